The van der Waals surface area contributed by atoms with Crippen molar-refractivity contribution in [2.75, 3.05) is 0 Å². The van der Waals surface area contributed by atoms with Gasteiger partial charge in [-0.2, -0.15) is 0 Å². The summed E-state index contributed by atoms with van der Waals surface area (Å²) in [7, 11) is 0. The highest BCUT2D eigenvalue weighted by Crippen LogP contribution is 2.19. The van der Waals surface area contributed by atoms with Gasteiger partial charge in [-0.3, -0.25) is 4.79 Å². The van der Waals surface area contributed by atoms with E-state index in [0.29, 0.717) is 11.1 Å². The Morgan fingerprint density at radius 2 is 1.73 bits per heavy atom. The lowest BCUT2D eigenvalue weighted by atomic mass is 10.0. The molecule has 0 unspecified atom stereocenters. The lowest BCUT2D eigenvalue weighted by molar-refractivity contribution is 1.24. The highest BCUT2D eigenvalue weighted by Gasteiger charge is 2.05. The molecule has 2 heteroatoms. The highest BCUT2D eigenvalue weighted by molar-refractivity contribution is 5.92. The van der Waals surface area contributed by atoms with Crippen molar-refractivity contribution < 1.29 is 0 Å². The number of rotatable bonds is 2. The summed E-state index contributed by atoms with van der Waals surface area (Å²) in [4.78, 5) is 14.5. The summed E-state index contributed by atoms with van der Waals surface area (Å²) < 4.78 is 0. The SMILES string of the molecule is C=Cc1[nH]c(=O)c2ccccc2c1C=C. The molecule has 74 valence electrons. The number of hydrogen-bond acceptors (Lipinski definition) is 1. The number of hydrogen-bond donors (Lipinski definition) is 1. The van der Waals surface area contributed by atoms with Crippen molar-refractivity contribution in [3.05, 3.63) is 59.0 Å². The van der Waals surface area contributed by atoms with E-state index in [0.717, 1.165) is 10.9 Å². The van der Waals surface area contributed by atoms with Crippen LogP contribution in [-0.2, 0) is 0 Å². The average Bonchev–Trinajstić information content (AvgIpc) is 2.29. The Labute approximate surface area is 87.6 Å². The molecule has 0 spiro atoms. The molecule has 2 aromatic rings. The number of aromatic nitrogens is 1. The fourth-order valence-corrected chi connectivity index (χ4v) is 1.70. The Balaban J connectivity index is 3.04. The van der Waals surface area contributed by atoms with E-state index in [9.17, 15) is 4.79 Å². The molecule has 1 N–H and O–H groups in total. The van der Waals surface area contributed by atoms with Gasteiger partial charge in [-0.25, -0.2) is 0 Å². The first kappa shape index (κ1) is 9.46. The fraction of sp³-hybridized carbons (Fsp3) is 0. The highest BCUT2D eigenvalue weighted by atomic mass is 16.1. The van der Waals surface area contributed by atoms with Crippen LogP contribution in [0.25, 0.3) is 22.9 Å². The van der Waals surface area contributed by atoms with E-state index in [1.165, 1.54) is 0 Å². The molecule has 0 saturated carbocycles. The van der Waals surface area contributed by atoms with Crippen molar-refractivity contribution in [2.24, 2.45) is 0 Å². The van der Waals surface area contributed by atoms with E-state index < -0.39 is 0 Å². The van der Waals surface area contributed by atoms with Crippen LogP contribution >= 0.6 is 0 Å². The maximum absolute atomic E-state index is 11.7. The molecule has 2 rings (SSSR count). The zero-order valence-corrected chi connectivity index (χ0v) is 8.29. The van der Waals surface area contributed by atoms with Gasteiger partial charge in [0.25, 0.3) is 5.56 Å². The molecular weight excluding hydrogens is 186 g/mol. The lowest BCUT2D eigenvalue weighted by Gasteiger charge is -2.05. The van der Waals surface area contributed by atoms with Crippen molar-refractivity contribution in [1.29, 1.82) is 0 Å². The quantitative estimate of drug-likeness (QED) is 0.788. The van der Waals surface area contributed by atoms with Crippen LogP contribution in [0.1, 0.15) is 11.3 Å². The number of pyridine rings is 1. The van der Waals surface area contributed by atoms with Crippen LogP contribution in [0.15, 0.2) is 42.2 Å². The van der Waals surface area contributed by atoms with Gasteiger partial charge < -0.3 is 4.98 Å². The Morgan fingerprint density at radius 3 is 2.33 bits per heavy atom. The van der Waals surface area contributed by atoms with Crippen molar-refractivity contribution in [2.45, 2.75) is 0 Å². The van der Waals surface area contributed by atoms with Gasteiger partial charge in [-0.1, -0.05) is 37.4 Å². The molecule has 0 bridgehead atoms. The van der Waals surface area contributed by atoms with E-state index in [1.807, 2.05) is 18.2 Å². The minimum absolute atomic E-state index is 0.0916. The predicted octanol–water partition coefficient (Wildman–Crippen LogP) is 2.81. The molecule has 0 saturated heterocycles. The average molecular weight is 197 g/mol. The van der Waals surface area contributed by atoms with Crippen molar-refractivity contribution in [1.82, 2.24) is 4.98 Å². The largest absolute Gasteiger partial charge is 0.321 e. The first-order valence-corrected chi connectivity index (χ1v) is 4.68. The van der Waals surface area contributed by atoms with Crippen LogP contribution in [0.5, 0.6) is 0 Å². The van der Waals surface area contributed by atoms with Gasteiger partial charge in [-0.05, 0) is 17.5 Å². The van der Waals surface area contributed by atoms with Crippen LogP contribution in [0.4, 0.5) is 0 Å². The number of nitrogens with one attached hydrogen (secondary N) is 1. The van der Waals surface area contributed by atoms with E-state index in [2.05, 4.69) is 18.1 Å². The smallest absolute Gasteiger partial charge is 0.256 e. The summed E-state index contributed by atoms with van der Waals surface area (Å²) in [6.45, 7) is 7.42. The van der Waals surface area contributed by atoms with Gasteiger partial charge in [0.05, 0.1) is 0 Å². The second-order valence-electron chi connectivity index (χ2n) is 3.24. The van der Waals surface area contributed by atoms with Crippen LogP contribution in [0, 0.1) is 0 Å². The Hall–Kier alpha value is -2.09. The standard InChI is InChI=1S/C13H11NO/c1-3-9-10-7-5-6-8-11(10)13(15)14-12(9)4-2/h3-8H,1-2H2,(H,14,15). The van der Waals surface area contributed by atoms with Crippen molar-refractivity contribution >= 4 is 22.9 Å². The minimum Gasteiger partial charge on any atom is -0.321 e. The molecule has 0 amide bonds. The molecule has 0 aliphatic rings. The molecule has 1 heterocycles. The maximum atomic E-state index is 11.7. The lowest BCUT2D eigenvalue weighted by Crippen LogP contribution is -2.09. The van der Waals surface area contributed by atoms with Gasteiger partial charge in [0, 0.05) is 16.6 Å². The molecule has 1 aromatic carbocycles. The van der Waals surface area contributed by atoms with Crippen molar-refractivity contribution in [3.8, 4) is 0 Å². The molecule has 0 radical (unpaired) electrons. The van der Waals surface area contributed by atoms with E-state index in [1.54, 1.807) is 18.2 Å². The third-order valence-corrected chi connectivity index (χ3v) is 2.41. The molecule has 0 aliphatic carbocycles. The fourth-order valence-electron chi connectivity index (χ4n) is 1.70. The van der Waals surface area contributed by atoms with Gasteiger partial charge >= 0.3 is 0 Å². The van der Waals surface area contributed by atoms with Gasteiger partial charge in [0.1, 0.15) is 0 Å². The molecular formula is C13H11NO. The van der Waals surface area contributed by atoms with Crippen LogP contribution in [-0.4, -0.2) is 4.98 Å². The van der Waals surface area contributed by atoms with Crippen LogP contribution < -0.4 is 5.56 Å². The number of fused-ring (bicyclic) bond motifs is 1. The molecule has 0 atom stereocenters. The Kier molecular flexibility index (Phi) is 2.26. The third-order valence-electron chi connectivity index (χ3n) is 2.41. The third kappa shape index (κ3) is 1.40. The first-order chi connectivity index (χ1) is 7.27. The van der Waals surface area contributed by atoms with Crippen molar-refractivity contribution in [3.63, 3.8) is 0 Å². The molecule has 1 aromatic heterocycles. The Bertz CT molecular complexity index is 593. The van der Waals surface area contributed by atoms with Gasteiger partial charge in [-0.15, -0.1) is 0 Å². The molecule has 2 nitrogen and oxygen atoms in total. The first-order valence-electron chi connectivity index (χ1n) is 4.68. The second-order valence-corrected chi connectivity index (χ2v) is 3.24. The number of aromatic amines is 1. The second kappa shape index (κ2) is 3.58. The van der Waals surface area contributed by atoms with E-state index in [-0.39, 0.29) is 5.56 Å². The monoisotopic (exact) mass is 197 g/mol. The summed E-state index contributed by atoms with van der Waals surface area (Å²) in [5.74, 6) is 0. The number of H-pyrrole nitrogens is 1. The summed E-state index contributed by atoms with van der Waals surface area (Å²) in [6, 6.07) is 7.46. The molecule has 0 aliphatic heterocycles. The summed E-state index contributed by atoms with van der Waals surface area (Å²) in [6.07, 6.45) is 3.36. The zero-order valence-electron chi connectivity index (χ0n) is 8.29. The Morgan fingerprint density at radius 1 is 1.07 bits per heavy atom. The number of benzene rings is 1. The predicted molar refractivity (Wildman–Crippen MR) is 64.8 cm³/mol. The van der Waals surface area contributed by atoms with Gasteiger partial charge in [0.15, 0.2) is 0 Å². The summed E-state index contributed by atoms with van der Waals surface area (Å²) in [5.41, 5.74) is 1.54. The van der Waals surface area contributed by atoms with Crippen LogP contribution in [0.3, 0.4) is 0 Å². The zero-order chi connectivity index (χ0) is 10.8. The molecule has 0 fully saturated rings. The topological polar surface area (TPSA) is 32.9 Å². The summed E-state index contributed by atoms with van der Waals surface area (Å²) >= 11 is 0. The maximum Gasteiger partial charge on any atom is 0.256 e. The van der Waals surface area contributed by atoms with Crippen LogP contribution in [0.2, 0.25) is 0 Å². The summed E-state index contributed by atoms with van der Waals surface area (Å²) in [5, 5.41) is 1.59. The molecule has 15 heavy (non-hydrogen) atoms. The van der Waals surface area contributed by atoms with E-state index in [4.69, 9.17) is 0 Å². The normalized spacial score (nSPS) is 10.1. The van der Waals surface area contributed by atoms with E-state index >= 15 is 0 Å². The minimum atomic E-state index is -0.0916. The van der Waals surface area contributed by atoms with Gasteiger partial charge in [0.2, 0.25) is 0 Å².